The van der Waals surface area contributed by atoms with Gasteiger partial charge in [-0.15, -0.1) is 11.3 Å². The van der Waals surface area contributed by atoms with Crippen molar-refractivity contribution in [1.29, 1.82) is 0 Å². The minimum absolute atomic E-state index is 0.155. The van der Waals surface area contributed by atoms with Crippen LogP contribution in [-0.4, -0.2) is 20.6 Å². The molecule has 2 rings (SSSR count). The summed E-state index contributed by atoms with van der Waals surface area (Å²) >= 11 is 1.06. The van der Waals surface area contributed by atoms with Crippen molar-refractivity contribution in [3.8, 4) is 5.75 Å². The number of para-hydroxylation sites is 2. The lowest BCUT2D eigenvalue weighted by atomic mass is 10.3. The van der Waals surface area contributed by atoms with Gasteiger partial charge in [0, 0.05) is 0 Å². The highest BCUT2D eigenvalue weighted by molar-refractivity contribution is 7.94. The van der Waals surface area contributed by atoms with Crippen LogP contribution >= 0.6 is 11.3 Å². The van der Waals surface area contributed by atoms with Crippen LogP contribution in [0.25, 0.3) is 0 Å². The summed E-state index contributed by atoms with van der Waals surface area (Å²) in [6, 6.07) is 8.21. The summed E-state index contributed by atoms with van der Waals surface area (Å²) in [7, 11) is -2.18. The zero-order chi connectivity index (χ0) is 13.9. The van der Waals surface area contributed by atoms with Gasteiger partial charge in [0.15, 0.2) is 0 Å². The molecular weight excluding hydrogens is 286 g/mol. The Morgan fingerprint density at radius 2 is 2.11 bits per heavy atom. The van der Waals surface area contributed by atoms with Crippen LogP contribution in [0.3, 0.4) is 0 Å². The van der Waals surface area contributed by atoms with E-state index in [1.165, 1.54) is 13.2 Å². The Bertz CT molecular complexity index is 664. The Balaban J connectivity index is 2.31. The van der Waals surface area contributed by atoms with Crippen LogP contribution in [0.1, 0.15) is 5.56 Å². The maximum atomic E-state index is 12.2. The third kappa shape index (κ3) is 3.06. The van der Waals surface area contributed by atoms with Gasteiger partial charge in [-0.3, -0.25) is 4.72 Å². The number of ether oxygens (including phenoxy) is 1. The van der Waals surface area contributed by atoms with Crippen molar-refractivity contribution in [2.45, 2.75) is 10.8 Å². The second-order valence-electron chi connectivity index (χ2n) is 3.74. The third-order valence-electron chi connectivity index (χ3n) is 2.43. The number of hydrogen-bond acceptors (Lipinski definition) is 5. The predicted molar refractivity (Wildman–Crippen MR) is 74.0 cm³/mol. The number of benzene rings is 1. The molecule has 0 saturated heterocycles. The summed E-state index contributed by atoms with van der Waals surface area (Å²) in [6.07, 6.45) is 0. The second kappa shape index (κ2) is 5.60. The van der Waals surface area contributed by atoms with E-state index in [0.717, 1.165) is 11.3 Å². The smallest absolute Gasteiger partial charge is 0.271 e. The number of aliphatic hydroxyl groups excluding tert-OH is 1. The van der Waals surface area contributed by atoms with Crippen LogP contribution in [0, 0.1) is 0 Å². The fraction of sp³-hybridized carbons (Fsp3) is 0.167. The molecule has 0 bridgehead atoms. The Morgan fingerprint density at radius 1 is 1.37 bits per heavy atom. The third-order valence-corrected chi connectivity index (χ3v) is 5.28. The minimum atomic E-state index is -3.66. The molecular formula is C12H13NO4S2. The molecule has 0 saturated carbocycles. The molecule has 0 unspecified atom stereocenters. The monoisotopic (exact) mass is 299 g/mol. The molecule has 0 fully saturated rings. The van der Waals surface area contributed by atoms with E-state index < -0.39 is 10.0 Å². The molecule has 0 atom stereocenters. The van der Waals surface area contributed by atoms with Crippen molar-refractivity contribution in [3.05, 3.63) is 41.3 Å². The van der Waals surface area contributed by atoms with E-state index in [1.807, 2.05) is 0 Å². The van der Waals surface area contributed by atoms with Crippen molar-refractivity contribution in [2.75, 3.05) is 11.8 Å². The Morgan fingerprint density at radius 3 is 2.74 bits per heavy atom. The number of sulfonamides is 1. The van der Waals surface area contributed by atoms with Crippen molar-refractivity contribution in [2.24, 2.45) is 0 Å². The Hall–Kier alpha value is -1.57. The lowest BCUT2D eigenvalue weighted by Crippen LogP contribution is -2.12. The highest BCUT2D eigenvalue weighted by Gasteiger charge is 2.18. The number of methoxy groups -OCH3 is 1. The lowest BCUT2D eigenvalue weighted by Gasteiger charge is -2.10. The molecule has 5 nitrogen and oxygen atoms in total. The van der Waals surface area contributed by atoms with Gasteiger partial charge in [-0.05, 0) is 29.1 Å². The van der Waals surface area contributed by atoms with Gasteiger partial charge in [0.1, 0.15) is 9.96 Å². The first kappa shape index (κ1) is 13.9. The zero-order valence-electron chi connectivity index (χ0n) is 10.2. The van der Waals surface area contributed by atoms with Gasteiger partial charge in [-0.25, -0.2) is 8.42 Å². The average molecular weight is 299 g/mol. The fourth-order valence-corrected chi connectivity index (χ4v) is 3.77. The molecule has 102 valence electrons. The lowest BCUT2D eigenvalue weighted by molar-refractivity contribution is 0.282. The van der Waals surface area contributed by atoms with Gasteiger partial charge in [-0.1, -0.05) is 12.1 Å². The van der Waals surface area contributed by atoms with Gasteiger partial charge in [-0.2, -0.15) is 0 Å². The summed E-state index contributed by atoms with van der Waals surface area (Å²) in [5.74, 6) is 0.449. The number of anilines is 1. The molecule has 1 aromatic carbocycles. The maximum Gasteiger partial charge on any atom is 0.271 e. The van der Waals surface area contributed by atoms with E-state index in [4.69, 9.17) is 9.84 Å². The SMILES string of the molecule is COc1ccccc1NS(=O)(=O)c1cc(CO)cs1. The second-order valence-corrected chi connectivity index (χ2v) is 6.56. The minimum Gasteiger partial charge on any atom is -0.495 e. The number of aliphatic hydroxyl groups is 1. The van der Waals surface area contributed by atoms with Crippen molar-refractivity contribution >= 4 is 27.0 Å². The van der Waals surface area contributed by atoms with Crippen molar-refractivity contribution < 1.29 is 18.3 Å². The molecule has 0 radical (unpaired) electrons. The van der Waals surface area contributed by atoms with E-state index in [9.17, 15) is 8.42 Å². The molecule has 0 aliphatic carbocycles. The van der Waals surface area contributed by atoms with E-state index >= 15 is 0 Å². The Kier molecular flexibility index (Phi) is 4.08. The van der Waals surface area contributed by atoms with Crippen molar-refractivity contribution in [1.82, 2.24) is 0 Å². The van der Waals surface area contributed by atoms with Crippen LogP contribution in [0.15, 0.2) is 39.9 Å². The first-order valence-corrected chi connectivity index (χ1v) is 7.77. The largest absolute Gasteiger partial charge is 0.495 e. The molecule has 0 aliphatic rings. The standard InChI is InChI=1S/C12H13NO4S2/c1-17-11-5-3-2-4-10(11)13-19(15,16)12-6-9(7-14)8-18-12/h2-6,8,13-14H,7H2,1H3. The quantitative estimate of drug-likeness (QED) is 0.886. The van der Waals surface area contributed by atoms with E-state index in [2.05, 4.69) is 4.72 Å². The van der Waals surface area contributed by atoms with E-state index in [1.54, 1.807) is 29.6 Å². The summed E-state index contributed by atoms with van der Waals surface area (Å²) in [6.45, 7) is -0.180. The van der Waals surface area contributed by atoms with Crippen LogP contribution in [0.4, 0.5) is 5.69 Å². The summed E-state index contributed by atoms with van der Waals surface area (Å²) in [5, 5.41) is 10.6. The molecule has 7 heteroatoms. The number of rotatable bonds is 5. The fourth-order valence-electron chi connectivity index (χ4n) is 1.50. The topological polar surface area (TPSA) is 75.6 Å². The molecule has 0 spiro atoms. The van der Waals surface area contributed by atoms with Gasteiger partial charge in [0.2, 0.25) is 0 Å². The van der Waals surface area contributed by atoms with Crippen LogP contribution in [-0.2, 0) is 16.6 Å². The van der Waals surface area contributed by atoms with Gasteiger partial charge in [0.05, 0.1) is 19.4 Å². The summed E-state index contributed by atoms with van der Waals surface area (Å²) in [5.41, 5.74) is 0.953. The molecule has 19 heavy (non-hydrogen) atoms. The number of hydrogen-bond donors (Lipinski definition) is 2. The summed E-state index contributed by atoms with van der Waals surface area (Å²) in [4.78, 5) is 0. The molecule has 2 aromatic rings. The summed E-state index contributed by atoms with van der Waals surface area (Å²) < 4.78 is 32.0. The Labute approximate surface area is 115 Å². The van der Waals surface area contributed by atoms with Gasteiger partial charge >= 0.3 is 0 Å². The number of nitrogens with one attached hydrogen (secondary N) is 1. The van der Waals surface area contributed by atoms with Crippen molar-refractivity contribution in [3.63, 3.8) is 0 Å². The average Bonchev–Trinajstić information content (AvgIpc) is 2.88. The predicted octanol–water partition coefficient (Wildman–Crippen LogP) is 2.05. The van der Waals surface area contributed by atoms with E-state index in [-0.39, 0.29) is 10.8 Å². The van der Waals surface area contributed by atoms with Crippen LogP contribution in [0.5, 0.6) is 5.75 Å². The molecule has 2 N–H and O–H groups in total. The van der Waals surface area contributed by atoms with Crippen LogP contribution < -0.4 is 9.46 Å². The van der Waals surface area contributed by atoms with E-state index in [0.29, 0.717) is 17.0 Å². The zero-order valence-corrected chi connectivity index (χ0v) is 11.8. The first-order chi connectivity index (χ1) is 9.06. The molecule has 0 aliphatic heterocycles. The first-order valence-electron chi connectivity index (χ1n) is 5.41. The number of thiophene rings is 1. The molecule has 0 amide bonds. The van der Waals surface area contributed by atoms with Crippen LogP contribution in [0.2, 0.25) is 0 Å². The molecule has 1 heterocycles. The van der Waals surface area contributed by atoms with Gasteiger partial charge < -0.3 is 9.84 Å². The maximum absolute atomic E-state index is 12.2. The molecule has 1 aromatic heterocycles. The van der Waals surface area contributed by atoms with Gasteiger partial charge in [0.25, 0.3) is 10.0 Å². The highest BCUT2D eigenvalue weighted by atomic mass is 32.2. The normalized spacial score (nSPS) is 11.3. The highest BCUT2D eigenvalue weighted by Crippen LogP contribution is 2.28.